The van der Waals surface area contributed by atoms with Crippen LogP contribution in [0.2, 0.25) is 0 Å². The number of anilines is 1. The van der Waals surface area contributed by atoms with Crippen molar-refractivity contribution in [2.45, 2.75) is 56.7 Å². The molecule has 4 radical (unpaired) electrons. The van der Waals surface area contributed by atoms with E-state index in [1.807, 2.05) is 34.1 Å². The van der Waals surface area contributed by atoms with Crippen LogP contribution >= 0.6 is 0 Å². The highest BCUT2D eigenvalue weighted by molar-refractivity contribution is 6.41. The zero-order valence-corrected chi connectivity index (χ0v) is 28.8. The number of nitrogens with zero attached hydrogens (tertiary/aromatic N) is 5. The number of phenolic OH excluding ortho intramolecular Hbond substituents is 1. The highest BCUT2D eigenvalue weighted by Gasteiger charge is 2.36. The second-order valence-electron chi connectivity index (χ2n) is 13.9. The van der Waals surface area contributed by atoms with Gasteiger partial charge >= 0.3 is 12.1 Å². The van der Waals surface area contributed by atoms with Gasteiger partial charge in [-0.1, -0.05) is 41.3 Å². The van der Waals surface area contributed by atoms with Crippen LogP contribution in [0.4, 0.5) is 15.3 Å². The number of benzene rings is 2. The smallest absolute Gasteiger partial charge is 0.410 e. The van der Waals surface area contributed by atoms with Gasteiger partial charge in [0, 0.05) is 83.1 Å². The number of rotatable bonds is 8. The molecule has 2 aromatic carbocycles. The maximum atomic E-state index is 14.0. The van der Waals surface area contributed by atoms with Crippen molar-refractivity contribution in [3.63, 3.8) is 0 Å². The van der Waals surface area contributed by atoms with Crippen LogP contribution in [0.5, 0.6) is 5.75 Å². The number of piperazine rings is 1. The zero-order valence-electron chi connectivity index (χ0n) is 28.8. The fourth-order valence-corrected chi connectivity index (χ4v) is 7.74. The van der Waals surface area contributed by atoms with Gasteiger partial charge in [0.25, 0.3) is 11.8 Å². The Balaban J connectivity index is 1.06. The minimum atomic E-state index is -1.14. The first kappa shape index (κ1) is 36.5. The lowest BCUT2D eigenvalue weighted by Gasteiger charge is -2.43. The van der Waals surface area contributed by atoms with Crippen molar-refractivity contribution >= 4 is 56.2 Å². The summed E-state index contributed by atoms with van der Waals surface area (Å²) < 4.78 is 5.97. The molecule has 51 heavy (non-hydrogen) atoms. The summed E-state index contributed by atoms with van der Waals surface area (Å²) in [5.41, 5.74) is 4.30. The molecule has 6 rings (SSSR count). The Morgan fingerprint density at radius 3 is 2.20 bits per heavy atom. The number of phenols is 1. The van der Waals surface area contributed by atoms with E-state index in [1.165, 1.54) is 12.1 Å². The predicted molar refractivity (Wildman–Crippen MR) is 191 cm³/mol. The SMILES string of the molecule is [B]c1cc(C[C@@H](OC(=O)N2CCC(N3CCc4ccccc4NC3=O)CC2)C(=O)N2CCN(C3CCN(CC(=O)NO)CC3)CC2)cc([B])c1O. The number of fused-ring (bicyclic) bond motifs is 1. The molecule has 4 heterocycles. The molecule has 0 bridgehead atoms. The molecule has 0 unspecified atom stereocenters. The van der Waals surface area contributed by atoms with Gasteiger partial charge in [-0.05, 0) is 49.3 Å². The molecule has 4 aliphatic rings. The van der Waals surface area contributed by atoms with Gasteiger partial charge in [0.2, 0.25) is 0 Å². The number of carbonyl (C=O) groups excluding carboxylic acids is 4. The summed E-state index contributed by atoms with van der Waals surface area (Å²) in [6.07, 6.45) is 1.96. The van der Waals surface area contributed by atoms with Gasteiger partial charge in [-0.2, -0.15) is 0 Å². The molecule has 4 N–H and O–H groups in total. The molecule has 0 spiro atoms. The Bertz CT molecular complexity index is 1570. The molecule has 16 heteroatoms. The van der Waals surface area contributed by atoms with Gasteiger partial charge in [0.1, 0.15) is 21.4 Å². The number of ether oxygens (including phenoxy) is 1. The minimum absolute atomic E-state index is 0.0321. The number of hydroxylamine groups is 1. The average molecular weight is 697 g/mol. The van der Waals surface area contributed by atoms with Gasteiger partial charge in [-0.3, -0.25) is 24.6 Å². The average Bonchev–Trinajstić information content (AvgIpc) is 3.31. The molecule has 1 atom stereocenters. The molecule has 0 aliphatic carbocycles. The van der Waals surface area contributed by atoms with Crippen molar-refractivity contribution in [3.8, 4) is 5.75 Å². The van der Waals surface area contributed by atoms with Crippen molar-refractivity contribution in [3.05, 3.63) is 47.5 Å². The molecule has 0 saturated carbocycles. The second-order valence-corrected chi connectivity index (χ2v) is 13.9. The van der Waals surface area contributed by atoms with E-state index in [0.29, 0.717) is 70.3 Å². The summed E-state index contributed by atoms with van der Waals surface area (Å²) >= 11 is 0. The number of aromatic hydroxyl groups is 1. The number of para-hydroxylation sites is 1. The number of nitrogens with one attached hydrogen (secondary N) is 2. The Morgan fingerprint density at radius 1 is 0.882 bits per heavy atom. The van der Waals surface area contributed by atoms with E-state index in [-0.39, 0.29) is 47.6 Å². The zero-order chi connectivity index (χ0) is 36.1. The summed E-state index contributed by atoms with van der Waals surface area (Å²) in [6.45, 7) is 5.24. The number of amides is 5. The van der Waals surface area contributed by atoms with Crippen molar-refractivity contribution in [2.24, 2.45) is 0 Å². The Kier molecular flexibility index (Phi) is 11.7. The van der Waals surface area contributed by atoms with E-state index in [4.69, 9.17) is 25.6 Å². The molecular weight excluding hydrogens is 652 g/mol. The standard InChI is InChI=1S/C35H45B2N7O7/c36-27-19-23(20-28(37)32(27)46)21-30(33(47)42-17-15-41(16-18-42)25-6-10-40(11-7-25)22-31(45)39-50)51-35(49)43-12-8-26(9-13-43)44-14-5-24-3-1-2-4-29(24)38-34(44)48/h1-4,19-20,25-26,30,46,50H,5-18,21-22H2,(H,38,48)(H,39,45)/t30-/m1/s1. The van der Waals surface area contributed by atoms with Crippen LogP contribution in [0.25, 0.3) is 0 Å². The van der Waals surface area contributed by atoms with Gasteiger partial charge in [0.15, 0.2) is 6.10 Å². The van der Waals surface area contributed by atoms with E-state index < -0.39 is 18.1 Å². The fraction of sp³-hybridized carbons (Fsp3) is 0.543. The third kappa shape index (κ3) is 8.79. The van der Waals surface area contributed by atoms with Crippen LogP contribution < -0.4 is 21.7 Å². The number of hydrogen-bond donors (Lipinski definition) is 4. The molecule has 3 saturated heterocycles. The van der Waals surface area contributed by atoms with Crippen molar-refractivity contribution in [1.82, 2.24) is 30.0 Å². The largest absolute Gasteiger partial charge is 0.509 e. The third-order valence-electron chi connectivity index (χ3n) is 10.7. The van der Waals surface area contributed by atoms with E-state index in [2.05, 4.69) is 10.2 Å². The summed E-state index contributed by atoms with van der Waals surface area (Å²) in [4.78, 5) is 61.8. The molecule has 14 nitrogen and oxygen atoms in total. The molecule has 268 valence electrons. The lowest BCUT2D eigenvalue weighted by atomic mass is 9.83. The number of piperidine rings is 2. The van der Waals surface area contributed by atoms with Crippen LogP contribution in [0.1, 0.15) is 36.8 Å². The lowest BCUT2D eigenvalue weighted by molar-refractivity contribution is -0.143. The lowest BCUT2D eigenvalue weighted by Crippen LogP contribution is -2.57. The topological polar surface area (TPSA) is 158 Å². The van der Waals surface area contributed by atoms with Crippen LogP contribution in [0, 0.1) is 0 Å². The van der Waals surface area contributed by atoms with Crippen molar-refractivity contribution < 1.29 is 34.2 Å². The molecule has 4 aliphatic heterocycles. The Hall–Kier alpha value is -4.27. The number of carbonyl (C=O) groups is 4. The molecular formula is C35H45B2N7O7. The van der Waals surface area contributed by atoms with E-state index in [9.17, 15) is 24.3 Å². The minimum Gasteiger partial charge on any atom is -0.509 e. The van der Waals surface area contributed by atoms with E-state index in [1.54, 1.807) is 15.3 Å². The molecule has 5 amide bonds. The number of urea groups is 1. The Labute approximate surface area is 300 Å². The van der Waals surface area contributed by atoms with E-state index >= 15 is 0 Å². The second kappa shape index (κ2) is 16.4. The van der Waals surface area contributed by atoms with Crippen LogP contribution in [0.15, 0.2) is 36.4 Å². The number of hydrogen-bond acceptors (Lipinski definition) is 9. The summed E-state index contributed by atoms with van der Waals surface area (Å²) in [5, 5.41) is 21.9. The third-order valence-corrected chi connectivity index (χ3v) is 10.7. The van der Waals surface area contributed by atoms with Crippen molar-refractivity contribution in [2.75, 3.05) is 70.8 Å². The van der Waals surface area contributed by atoms with Crippen LogP contribution in [-0.4, -0.2) is 158 Å². The first-order chi connectivity index (χ1) is 24.6. The molecule has 2 aromatic rings. The maximum Gasteiger partial charge on any atom is 0.410 e. The van der Waals surface area contributed by atoms with Gasteiger partial charge in [-0.15, -0.1) is 0 Å². The van der Waals surface area contributed by atoms with Gasteiger partial charge in [-0.25, -0.2) is 15.1 Å². The molecule has 0 aromatic heterocycles. The van der Waals surface area contributed by atoms with Crippen LogP contribution in [0.3, 0.4) is 0 Å². The van der Waals surface area contributed by atoms with Crippen LogP contribution in [-0.2, 0) is 27.2 Å². The highest BCUT2D eigenvalue weighted by Crippen LogP contribution is 2.25. The van der Waals surface area contributed by atoms with Gasteiger partial charge < -0.3 is 29.9 Å². The first-order valence-electron chi connectivity index (χ1n) is 17.8. The highest BCUT2D eigenvalue weighted by atomic mass is 16.6. The maximum absolute atomic E-state index is 14.0. The summed E-state index contributed by atoms with van der Waals surface area (Å²) in [5.74, 6) is -0.970. The predicted octanol–water partition coefficient (Wildman–Crippen LogP) is -0.304. The van der Waals surface area contributed by atoms with E-state index in [0.717, 1.165) is 43.6 Å². The normalized spacial score (nSPS) is 20.3. The fourth-order valence-electron chi connectivity index (χ4n) is 7.74. The number of likely N-dealkylation sites (tertiary alicyclic amines) is 2. The molecule has 3 fully saturated rings. The Morgan fingerprint density at radius 2 is 1.53 bits per heavy atom. The first-order valence-corrected chi connectivity index (χ1v) is 17.8. The monoisotopic (exact) mass is 697 g/mol. The van der Waals surface area contributed by atoms with Gasteiger partial charge in [0.05, 0.1) is 6.54 Å². The van der Waals surface area contributed by atoms with Crippen molar-refractivity contribution in [1.29, 1.82) is 0 Å². The quantitative estimate of drug-likeness (QED) is 0.165. The summed E-state index contributed by atoms with van der Waals surface area (Å²) in [7, 11) is 11.9. The summed E-state index contributed by atoms with van der Waals surface area (Å²) in [6, 6.07) is 11.0.